The number of hydrogen-bond donors (Lipinski definition) is 0. The molecule has 3 aromatic rings. The van der Waals surface area contributed by atoms with E-state index in [1.165, 1.54) is 29.6 Å². The van der Waals surface area contributed by atoms with Gasteiger partial charge in [-0.1, -0.05) is 26.0 Å². The summed E-state index contributed by atoms with van der Waals surface area (Å²) in [6, 6.07) is 13.8. The van der Waals surface area contributed by atoms with Gasteiger partial charge in [-0.05, 0) is 65.7 Å². The summed E-state index contributed by atoms with van der Waals surface area (Å²) >= 11 is 1.61. The molecule has 1 aliphatic rings. The van der Waals surface area contributed by atoms with E-state index < -0.39 is 21.9 Å². The topological polar surface area (TPSA) is 76.2 Å². The number of sulfonamides is 1. The summed E-state index contributed by atoms with van der Waals surface area (Å²) in [7, 11) is -2.42. The molecule has 4 rings (SSSR count). The molecule has 2 heterocycles. The average molecular weight is 547 g/mol. The number of carbonyl (C=O) groups is 1. The monoisotopic (exact) mass is 546 g/mol. The fourth-order valence-corrected chi connectivity index (χ4v) is 6.88. The van der Waals surface area contributed by atoms with Crippen LogP contribution in [-0.2, 0) is 21.2 Å². The minimum Gasteiger partial charge on any atom is -0.497 e. The highest BCUT2D eigenvalue weighted by molar-refractivity contribution is 7.89. The summed E-state index contributed by atoms with van der Waals surface area (Å²) in [5.41, 5.74) is 0.953. The third-order valence-electron chi connectivity index (χ3n) is 6.23. The summed E-state index contributed by atoms with van der Waals surface area (Å²) in [4.78, 5) is 16.6. The molecule has 198 valence electrons. The van der Waals surface area contributed by atoms with E-state index in [9.17, 15) is 17.6 Å². The number of para-hydroxylation sites is 1. The van der Waals surface area contributed by atoms with Gasteiger partial charge in [0.2, 0.25) is 15.9 Å². The Balaban J connectivity index is 1.58. The van der Waals surface area contributed by atoms with Gasteiger partial charge in [0.1, 0.15) is 12.4 Å². The predicted molar refractivity (Wildman–Crippen MR) is 141 cm³/mol. The van der Waals surface area contributed by atoms with Crippen LogP contribution in [0.2, 0.25) is 0 Å². The first-order valence-electron chi connectivity index (χ1n) is 12.1. The SMILES string of the molecule is COc1ccc(S(=O)(=O)N(CC(=O)N2CCc3sccc3C2COc2ccccc2F)CC(C)C)cc1. The van der Waals surface area contributed by atoms with E-state index in [2.05, 4.69) is 0 Å². The molecule has 37 heavy (non-hydrogen) atoms. The number of methoxy groups -OCH3 is 1. The standard InChI is InChI=1S/C27H31FN2O5S2/c1-19(2)16-29(37(32,33)21-10-8-20(34-3)9-11-21)17-27(31)30-14-12-26-22(13-15-36-26)24(30)18-35-25-7-5-4-6-23(25)28/h4-11,13,15,19,24H,12,14,16-18H2,1-3H3. The Bertz CT molecular complexity index is 1320. The van der Waals surface area contributed by atoms with Crippen LogP contribution >= 0.6 is 11.3 Å². The number of ether oxygens (including phenoxy) is 2. The molecule has 0 spiro atoms. The van der Waals surface area contributed by atoms with Crippen LogP contribution in [0.1, 0.15) is 30.3 Å². The van der Waals surface area contributed by atoms with Gasteiger partial charge in [0.25, 0.3) is 0 Å². The van der Waals surface area contributed by atoms with Gasteiger partial charge in [0, 0.05) is 18.0 Å². The van der Waals surface area contributed by atoms with Crippen molar-refractivity contribution in [3.63, 3.8) is 0 Å². The highest BCUT2D eigenvalue weighted by atomic mass is 32.2. The molecule has 1 unspecified atom stereocenters. The van der Waals surface area contributed by atoms with Crippen molar-refractivity contribution in [2.75, 3.05) is 33.4 Å². The number of rotatable bonds is 10. The second kappa shape index (κ2) is 11.6. The zero-order valence-corrected chi connectivity index (χ0v) is 22.7. The van der Waals surface area contributed by atoms with Crippen molar-refractivity contribution in [3.05, 3.63) is 76.2 Å². The zero-order chi connectivity index (χ0) is 26.6. The number of carbonyl (C=O) groups excluding carboxylic acids is 1. The molecule has 0 radical (unpaired) electrons. The van der Waals surface area contributed by atoms with E-state index in [0.717, 1.165) is 10.4 Å². The third kappa shape index (κ3) is 6.14. The van der Waals surface area contributed by atoms with Crippen LogP contribution in [0.4, 0.5) is 4.39 Å². The Morgan fingerprint density at radius 3 is 2.57 bits per heavy atom. The molecule has 2 aromatic carbocycles. The highest BCUT2D eigenvalue weighted by Gasteiger charge is 2.35. The summed E-state index contributed by atoms with van der Waals surface area (Å²) in [6.07, 6.45) is 0.671. The maximum absolute atomic E-state index is 14.2. The van der Waals surface area contributed by atoms with Crippen molar-refractivity contribution in [1.29, 1.82) is 0 Å². The van der Waals surface area contributed by atoms with Crippen molar-refractivity contribution in [2.24, 2.45) is 5.92 Å². The van der Waals surface area contributed by atoms with Gasteiger partial charge >= 0.3 is 0 Å². The molecule has 1 amide bonds. The number of amides is 1. The van der Waals surface area contributed by atoms with Crippen molar-refractivity contribution in [3.8, 4) is 11.5 Å². The minimum atomic E-state index is -3.93. The molecule has 0 saturated heterocycles. The van der Waals surface area contributed by atoms with E-state index in [0.29, 0.717) is 18.7 Å². The molecule has 0 bridgehead atoms. The summed E-state index contributed by atoms with van der Waals surface area (Å²) in [5.74, 6) is -0.137. The largest absolute Gasteiger partial charge is 0.497 e. The van der Waals surface area contributed by atoms with Crippen molar-refractivity contribution in [1.82, 2.24) is 9.21 Å². The first-order valence-corrected chi connectivity index (χ1v) is 14.4. The molecule has 7 nitrogen and oxygen atoms in total. The Hall–Kier alpha value is -2.95. The Morgan fingerprint density at radius 2 is 1.89 bits per heavy atom. The van der Waals surface area contributed by atoms with Gasteiger partial charge < -0.3 is 14.4 Å². The molecule has 0 aliphatic carbocycles. The van der Waals surface area contributed by atoms with Gasteiger partial charge in [-0.25, -0.2) is 12.8 Å². The van der Waals surface area contributed by atoms with Crippen LogP contribution in [0.25, 0.3) is 0 Å². The third-order valence-corrected chi connectivity index (χ3v) is 9.05. The number of hydrogen-bond acceptors (Lipinski definition) is 6. The Labute approximate surface area is 221 Å². The number of halogens is 1. The quantitative estimate of drug-likeness (QED) is 0.367. The van der Waals surface area contributed by atoms with Gasteiger partial charge in [0.05, 0.1) is 24.6 Å². The van der Waals surface area contributed by atoms with Crippen molar-refractivity contribution in [2.45, 2.75) is 31.2 Å². The van der Waals surface area contributed by atoms with Gasteiger partial charge in [0.15, 0.2) is 11.6 Å². The normalized spacial score (nSPS) is 15.6. The van der Waals surface area contributed by atoms with Crippen molar-refractivity contribution >= 4 is 27.3 Å². The van der Waals surface area contributed by atoms with E-state index in [4.69, 9.17) is 9.47 Å². The van der Waals surface area contributed by atoms with Crippen LogP contribution in [0.15, 0.2) is 64.9 Å². The lowest BCUT2D eigenvalue weighted by atomic mass is 10.0. The molecule has 1 atom stereocenters. The summed E-state index contributed by atoms with van der Waals surface area (Å²) < 4.78 is 53.4. The fourth-order valence-electron chi connectivity index (χ4n) is 4.40. The molecule has 1 aromatic heterocycles. The number of nitrogens with zero attached hydrogens (tertiary/aromatic N) is 2. The van der Waals surface area contributed by atoms with Gasteiger partial charge in [-0.2, -0.15) is 4.31 Å². The maximum Gasteiger partial charge on any atom is 0.243 e. The van der Waals surface area contributed by atoms with Crippen LogP contribution in [-0.4, -0.2) is 56.9 Å². The minimum absolute atomic E-state index is 0.00541. The number of fused-ring (bicyclic) bond motifs is 1. The molecule has 0 fully saturated rings. The number of benzene rings is 2. The molecule has 10 heteroatoms. The Kier molecular flexibility index (Phi) is 8.51. The second-order valence-corrected chi connectivity index (χ2v) is 12.2. The van der Waals surface area contributed by atoms with Gasteiger partial charge in [-0.15, -0.1) is 11.3 Å². The average Bonchev–Trinajstić information content (AvgIpc) is 3.36. The van der Waals surface area contributed by atoms with E-state index in [1.807, 2.05) is 25.3 Å². The lowest BCUT2D eigenvalue weighted by Gasteiger charge is -2.37. The first-order chi connectivity index (χ1) is 17.7. The lowest BCUT2D eigenvalue weighted by molar-refractivity contribution is -0.135. The second-order valence-electron chi connectivity index (χ2n) is 9.26. The fraction of sp³-hybridized carbons (Fsp3) is 0.370. The molecular formula is C27H31FN2O5S2. The molecule has 0 N–H and O–H groups in total. The van der Waals surface area contributed by atoms with Crippen LogP contribution in [0.5, 0.6) is 11.5 Å². The maximum atomic E-state index is 14.2. The van der Waals surface area contributed by atoms with E-state index in [1.54, 1.807) is 46.6 Å². The molecule has 0 saturated carbocycles. The van der Waals surface area contributed by atoms with Crippen molar-refractivity contribution < 1.29 is 27.1 Å². The van der Waals surface area contributed by atoms with Crippen LogP contribution in [0, 0.1) is 11.7 Å². The number of thiophene rings is 1. The molecule has 1 aliphatic heterocycles. The Morgan fingerprint density at radius 1 is 1.16 bits per heavy atom. The van der Waals surface area contributed by atoms with E-state index >= 15 is 0 Å². The van der Waals surface area contributed by atoms with Crippen LogP contribution < -0.4 is 9.47 Å². The van der Waals surface area contributed by atoms with E-state index in [-0.39, 0.29) is 42.2 Å². The zero-order valence-electron chi connectivity index (χ0n) is 21.1. The predicted octanol–water partition coefficient (Wildman–Crippen LogP) is 4.75. The summed E-state index contributed by atoms with van der Waals surface area (Å²) in [5, 5.41) is 1.97. The van der Waals surface area contributed by atoms with Crippen LogP contribution in [0.3, 0.4) is 0 Å². The first kappa shape index (κ1) is 27.1. The smallest absolute Gasteiger partial charge is 0.243 e. The highest BCUT2D eigenvalue weighted by Crippen LogP contribution is 2.34. The summed E-state index contributed by atoms with van der Waals surface area (Å²) in [6.45, 7) is 4.19. The molecular weight excluding hydrogens is 515 g/mol. The van der Waals surface area contributed by atoms with Gasteiger partial charge in [-0.3, -0.25) is 4.79 Å². The lowest BCUT2D eigenvalue weighted by Crippen LogP contribution is -2.48.